The molecule has 0 N–H and O–H groups in total. The van der Waals surface area contributed by atoms with Gasteiger partial charge in [-0.25, -0.2) is 9.37 Å². The molecule has 1 aliphatic rings. The lowest BCUT2D eigenvalue weighted by Crippen LogP contribution is -2.41. The lowest BCUT2D eigenvalue weighted by molar-refractivity contribution is -0.143. The van der Waals surface area contributed by atoms with Gasteiger partial charge >= 0.3 is 6.18 Å². The number of rotatable bonds is 6. The Balaban J connectivity index is 1.62. The normalized spacial score (nSPS) is 16.1. The monoisotopic (exact) mass is 455 g/mol. The number of carbonyl (C=O) groups is 2. The van der Waals surface area contributed by atoms with Crippen LogP contribution in [-0.2, 0) is 11.0 Å². The van der Waals surface area contributed by atoms with Crippen LogP contribution in [0.1, 0.15) is 22.5 Å². The van der Waals surface area contributed by atoms with Gasteiger partial charge in [-0.15, -0.1) is 0 Å². The van der Waals surface area contributed by atoms with Crippen molar-refractivity contribution in [3.05, 3.63) is 53.6 Å². The largest absolute Gasteiger partial charge is 0.493 e. The number of hydrogen-bond donors (Lipinski definition) is 0. The Bertz CT molecular complexity index is 999. The molecule has 0 aliphatic carbocycles. The van der Waals surface area contributed by atoms with Gasteiger partial charge in [-0.2, -0.15) is 13.2 Å². The summed E-state index contributed by atoms with van der Waals surface area (Å²) in [7, 11) is 2.84. The highest BCUT2D eigenvalue weighted by atomic mass is 19.4. The maximum absolute atomic E-state index is 14.3. The summed E-state index contributed by atoms with van der Waals surface area (Å²) in [5, 5.41) is 0. The Morgan fingerprint density at radius 2 is 1.91 bits per heavy atom. The molecule has 1 atom stereocenters. The average molecular weight is 455 g/mol. The highest BCUT2D eigenvalue weighted by Crippen LogP contribution is 2.31. The van der Waals surface area contributed by atoms with Gasteiger partial charge in [-0.1, -0.05) is 12.1 Å². The molecule has 0 bridgehead atoms. The zero-order valence-electron chi connectivity index (χ0n) is 17.4. The second kappa shape index (κ2) is 9.41. The van der Waals surface area contributed by atoms with E-state index in [0.29, 0.717) is 24.5 Å². The summed E-state index contributed by atoms with van der Waals surface area (Å²) in [4.78, 5) is 30.8. The number of carbonyl (C=O) groups excluding carboxylic acids is 2. The summed E-state index contributed by atoms with van der Waals surface area (Å²) in [5.41, 5.74) is -2.47. The molecule has 1 fully saturated rings. The first-order valence-electron chi connectivity index (χ1n) is 9.66. The number of amides is 2. The van der Waals surface area contributed by atoms with E-state index in [1.165, 1.54) is 19.1 Å². The Hall–Kier alpha value is -3.37. The quantitative estimate of drug-likeness (QED) is 0.627. The molecule has 1 aromatic carbocycles. The Labute approximate surface area is 181 Å². The number of halogens is 4. The van der Waals surface area contributed by atoms with Crippen molar-refractivity contribution in [1.82, 2.24) is 14.8 Å². The number of likely N-dealkylation sites (N-methyl/N-ethyl adjacent to an activating group) is 1. The lowest BCUT2D eigenvalue weighted by Gasteiger charge is -2.25. The van der Waals surface area contributed by atoms with Gasteiger partial charge in [-0.3, -0.25) is 9.59 Å². The zero-order valence-corrected chi connectivity index (χ0v) is 17.4. The van der Waals surface area contributed by atoms with Gasteiger partial charge < -0.3 is 19.3 Å². The third-order valence-electron chi connectivity index (χ3n) is 5.19. The highest BCUT2D eigenvalue weighted by Gasteiger charge is 2.39. The van der Waals surface area contributed by atoms with Crippen LogP contribution in [0.2, 0.25) is 0 Å². The number of likely N-dealkylation sites (tertiary alicyclic amines) is 1. The summed E-state index contributed by atoms with van der Waals surface area (Å²) in [6, 6.07) is 7.26. The van der Waals surface area contributed by atoms with Crippen molar-refractivity contribution in [3.8, 4) is 11.5 Å². The molecule has 2 aromatic rings. The smallest absolute Gasteiger partial charge is 0.436 e. The van der Waals surface area contributed by atoms with Gasteiger partial charge in [0.15, 0.2) is 29.6 Å². The van der Waals surface area contributed by atoms with E-state index in [2.05, 4.69) is 4.98 Å². The number of methoxy groups -OCH3 is 1. The first-order valence-corrected chi connectivity index (χ1v) is 9.66. The third kappa shape index (κ3) is 4.92. The van der Waals surface area contributed by atoms with Crippen molar-refractivity contribution in [2.24, 2.45) is 0 Å². The fourth-order valence-electron chi connectivity index (χ4n) is 3.42. The van der Waals surface area contributed by atoms with Gasteiger partial charge in [0, 0.05) is 26.3 Å². The molecule has 172 valence electrons. The van der Waals surface area contributed by atoms with E-state index in [0.717, 1.165) is 17.2 Å². The van der Waals surface area contributed by atoms with Crippen LogP contribution in [0.15, 0.2) is 36.5 Å². The average Bonchev–Trinajstić information content (AvgIpc) is 3.26. The second-order valence-electron chi connectivity index (χ2n) is 7.16. The van der Waals surface area contributed by atoms with E-state index < -0.39 is 35.2 Å². The van der Waals surface area contributed by atoms with E-state index in [1.54, 1.807) is 24.3 Å². The van der Waals surface area contributed by atoms with Crippen molar-refractivity contribution in [1.29, 1.82) is 0 Å². The van der Waals surface area contributed by atoms with Gasteiger partial charge in [0.25, 0.3) is 11.8 Å². The number of ether oxygens (including phenoxy) is 2. The molecular formula is C21H21F4N3O4. The molecular weight excluding hydrogens is 434 g/mol. The Morgan fingerprint density at radius 1 is 1.22 bits per heavy atom. The zero-order chi connectivity index (χ0) is 23.5. The maximum Gasteiger partial charge on any atom is 0.436 e. The number of pyridine rings is 1. The van der Waals surface area contributed by atoms with Crippen LogP contribution in [0.25, 0.3) is 0 Å². The van der Waals surface area contributed by atoms with Crippen molar-refractivity contribution >= 4 is 11.8 Å². The van der Waals surface area contributed by atoms with Crippen LogP contribution in [0, 0.1) is 5.82 Å². The number of para-hydroxylation sites is 2. The molecule has 0 saturated carbocycles. The van der Waals surface area contributed by atoms with Crippen LogP contribution >= 0.6 is 0 Å². The molecule has 2 heterocycles. The van der Waals surface area contributed by atoms with Crippen molar-refractivity contribution in [3.63, 3.8) is 0 Å². The molecule has 1 unspecified atom stereocenters. The molecule has 0 radical (unpaired) electrons. The van der Waals surface area contributed by atoms with Crippen molar-refractivity contribution < 1.29 is 36.6 Å². The minimum Gasteiger partial charge on any atom is -0.493 e. The second-order valence-corrected chi connectivity index (χ2v) is 7.16. The lowest BCUT2D eigenvalue weighted by atomic mass is 10.1. The summed E-state index contributed by atoms with van der Waals surface area (Å²) < 4.78 is 63.6. The third-order valence-corrected chi connectivity index (χ3v) is 5.19. The molecule has 1 saturated heterocycles. The maximum atomic E-state index is 14.3. The summed E-state index contributed by atoms with van der Waals surface area (Å²) in [6.45, 7) is 0.219. The standard InChI is InChI=1S/C21H21F4N3O4/c1-27(20(30)14-7-9-26-19(18(14)22)21(23,24)25)13-8-10-28(11-13)17(29)12-32-16-6-4-3-5-15(16)31-2/h3-7,9,13H,8,10-12H2,1-2H3. The van der Waals surface area contributed by atoms with Crippen molar-refractivity contribution in [2.45, 2.75) is 18.6 Å². The van der Waals surface area contributed by atoms with E-state index in [-0.39, 0.29) is 19.1 Å². The van der Waals surface area contributed by atoms with E-state index in [9.17, 15) is 27.2 Å². The number of alkyl halides is 3. The van der Waals surface area contributed by atoms with E-state index in [4.69, 9.17) is 9.47 Å². The minimum absolute atomic E-state index is 0.148. The fraction of sp³-hybridized carbons (Fsp3) is 0.381. The van der Waals surface area contributed by atoms with E-state index in [1.807, 2.05) is 0 Å². The molecule has 11 heteroatoms. The van der Waals surface area contributed by atoms with E-state index >= 15 is 0 Å². The first-order chi connectivity index (χ1) is 15.1. The number of nitrogens with zero attached hydrogens (tertiary/aromatic N) is 3. The van der Waals surface area contributed by atoms with Crippen LogP contribution < -0.4 is 9.47 Å². The van der Waals surface area contributed by atoms with Gasteiger partial charge in [0.2, 0.25) is 0 Å². The molecule has 1 aliphatic heterocycles. The fourth-order valence-corrected chi connectivity index (χ4v) is 3.42. The van der Waals surface area contributed by atoms with Crippen LogP contribution in [0.3, 0.4) is 0 Å². The molecule has 7 nitrogen and oxygen atoms in total. The number of benzene rings is 1. The van der Waals surface area contributed by atoms with Gasteiger partial charge in [0.1, 0.15) is 0 Å². The summed E-state index contributed by atoms with van der Waals surface area (Å²) in [5.74, 6) is -2.08. The molecule has 2 amide bonds. The Kier molecular flexibility index (Phi) is 6.85. The number of hydrogen-bond acceptors (Lipinski definition) is 5. The molecule has 0 spiro atoms. The highest BCUT2D eigenvalue weighted by molar-refractivity contribution is 5.94. The first kappa shape index (κ1) is 23.3. The molecule has 3 rings (SSSR count). The predicted molar refractivity (Wildman–Crippen MR) is 105 cm³/mol. The Morgan fingerprint density at radius 3 is 2.56 bits per heavy atom. The molecule has 32 heavy (non-hydrogen) atoms. The summed E-state index contributed by atoms with van der Waals surface area (Å²) in [6.07, 6.45) is -3.88. The predicted octanol–water partition coefficient (Wildman–Crippen LogP) is 3.00. The van der Waals surface area contributed by atoms with Crippen LogP contribution in [0.4, 0.5) is 17.6 Å². The van der Waals surface area contributed by atoms with Gasteiger partial charge in [-0.05, 0) is 24.6 Å². The minimum atomic E-state index is -5.02. The van der Waals surface area contributed by atoms with Crippen molar-refractivity contribution in [2.75, 3.05) is 33.9 Å². The molecule has 1 aromatic heterocycles. The van der Waals surface area contributed by atoms with Crippen LogP contribution in [0.5, 0.6) is 11.5 Å². The number of aromatic nitrogens is 1. The topological polar surface area (TPSA) is 72.0 Å². The summed E-state index contributed by atoms with van der Waals surface area (Å²) >= 11 is 0. The SMILES string of the molecule is COc1ccccc1OCC(=O)N1CCC(N(C)C(=O)c2ccnc(C(F)(F)F)c2F)C1. The van der Waals surface area contributed by atoms with Gasteiger partial charge in [0.05, 0.1) is 18.7 Å². The van der Waals surface area contributed by atoms with Crippen LogP contribution in [-0.4, -0.2) is 66.5 Å².